The third kappa shape index (κ3) is 6.00. The molecule has 0 aromatic carbocycles. The zero-order valence-corrected chi connectivity index (χ0v) is 12.6. The number of nitrogens with one attached hydrogen (secondary N) is 1. The van der Waals surface area contributed by atoms with Crippen molar-refractivity contribution in [1.29, 1.82) is 0 Å². The molecule has 0 atom stereocenters. The molecule has 0 aliphatic carbocycles. The Morgan fingerprint density at radius 2 is 1.78 bits per heavy atom. The molecule has 0 heterocycles. The van der Waals surface area contributed by atoms with E-state index in [-0.39, 0.29) is 5.70 Å². The minimum atomic E-state index is -0.875. The van der Waals surface area contributed by atoms with Crippen molar-refractivity contribution in [3.8, 4) is 0 Å². The normalized spacial score (nSPS) is 13.8. The maximum atomic E-state index is 13.1. The van der Waals surface area contributed by atoms with Gasteiger partial charge in [0.25, 0.3) is 0 Å². The standard InChI is InChI=1S/C11H22FN3O.C2H6/c1-10(2,11(3,4)16)7-15-8(6-13)9(12)14-5;1-2/h6,15-16H,7,13H2,1-5H3;1-2H3/b8-6+,14-9?;. The fourth-order valence-corrected chi connectivity index (χ4v) is 0.854. The molecule has 0 amide bonds. The number of aliphatic imine (C=N–C) groups is 1. The lowest BCUT2D eigenvalue weighted by molar-refractivity contribution is -0.0324. The first kappa shape index (κ1) is 19.2. The second kappa shape index (κ2) is 8.08. The number of hydrogen-bond acceptors (Lipinski definition) is 4. The number of halogens is 1. The summed E-state index contributed by atoms with van der Waals surface area (Å²) >= 11 is 0. The van der Waals surface area contributed by atoms with Crippen LogP contribution in [0.2, 0.25) is 0 Å². The van der Waals surface area contributed by atoms with E-state index in [9.17, 15) is 9.50 Å². The lowest BCUT2D eigenvalue weighted by atomic mass is 9.77. The molecular formula is C13H28FN3O. The molecular weight excluding hydrogens is 233 g/mol. The van der Waals surface area contributed by atoms with Crippen LogP contribution in [0.15, 0.2) is 16.9 Å². The molecule has 0 aliphatic heterocycles. The van der Waals surface area contributed by atoms with Crippen molar-refractivity contribution < 1.29 is 9.50 Å². The molecule has 4 N–H and O–H groups in total. The summed E-state index contributed by atoms with van der Waals surface area (Å²) in [5, 5.41) is 12.7. The van der Waals surface area contributed by atoms with Crippen LogP contribution in [0.25, 0.3) is 0 Å². The van der Waals surface area contributed by atoms with E-state index in [1.807, 2.05) is 27.7 Å². The van der Waals surface area contributed by atoms with Crippen LogP contribution in [-0.2, 0) is 0 Å². The van der Waals surface area contributed by atoms with E-state index < -0.39 is 17.0 Å². The average Bonchev–Trinajstić information content (AvgIpc) is 2.30. The van der Waals surface area contributed by atoms with Gasteiger partial charge in [0.1, 0.15) is 5.70 Å². The number of aliphatic hydroxyl groups is 1. The quantitative estimate of drug-likeness (QED) is 0.664. The van der Waals surface area contributed by atoms with Gasteiger partial charge in [-0.15, -0.1) is 0 Å². The van der Waals surface area contributed by atoms with Gasteiger partial charge < -0.3 is 16.2 Å². The van der Waals surface area contributed by atoms with Crippen molar-refractivity contribution in [3.63, 3.8) is 0 Å². The van der Waals surface area contributed by atoms with Crippen molar-refractivity contribution >= 4 is 5.97 Å². The molecule has 4 nitrogen and oxygen atoms in total. The Balaban J connectivity index is 0. The highest BCUT2D eigenvalue weighted by atomic mass is 19.1. The number of nitrogens with zero attached hydrogens (tertiary/aromatic N) is 1. The maximum Gasteiger partial charge on any atom is 0.232 e. The smallest absolute Gasteiger partial charge is 0.232 e. The molecule has 5 heteroatoms. The van der Waals surface area contributed by atoms with Crippen molar-refractivity contribution in [2.75, 3.05) is 13.6 Å². The molecule has 0 radical (unpaired) electrons. The van der Waals surface area contributed by atoms with Crippen LogP contribution in [0, 0.1) is 5.41 Å². The number of hydrogen-bond donors (Lipinski definition) is 3. The number of allylic oxidation sites excluding steroid dienone is 1. The van der Waals surface area contributed by atoms with Gasteiger partial charge in [0.2, 0.25) is 5.97 Å². The molecule has 0 aromatic rings. The number of rotatable bonds is 5. The van der Waals surface area contributed by atoms with E-state index >= 15 is 0 Å². The van der Waals surface area contributed by atoms with Gasteiger partial charge in [-0.2, -0.15) is 4.39 Å². The molecule has 108 valence electrons. The van der Waals surface area contributed by atoms with Crippen LogP contribution in [0.3, 0.4) is 0 Å². The first-order valence-corrected chi connectivity index (χ1v) is 6.16. The molecule has 0 saturated heterocycles. The van der Waals surface area contributed by atoms with Crippen LogP contribution in [0.1, 0.15) is 41.5 Å². The third-order valence-electron chi connectivity index (χ3n) is 2.96. The molecule has 0 rings (SSSR count). The van der Waals surface area contributed by atoms with Gasteiger partial charge in [0, 0.05) is 25.2 Å². The topological polar surface area (TPSA) is 70.6 Å². The monoisotopic (exact) mass is 261 g/mol. The van der Waals surface area contributed by atoms with Crippen LogP contribution < -0.4 is 11.1 Å². The molecule has 0 unspecified atom stereocenters. The minimum Gasteiger partial charge on any atom is -0.403 e. The van der Waals surface area contributed by atoms with E-state index in [4.69, 9.17) is 5.73 Å². The highest BCUT2D eigenvalue weighted by Crippen LogP contribution is 2.29. The Kier molecular flexibility index (Phi) is 8.64. The van der Waals surface area contributed by atoms with E-state index in [0.29, 0.717) is 6.54 Å². The van der Waals surface area contributed by atoms with Gasteiger partial charge in [0.05, 0.1) is 5.60 Å². The zero-order chi connectivity index (χ0) is 15.0. The van der Waals surface area contributed by atoms with Crippen molar-refractivity contribution in [3.05, 3.63) is 11.9 Å². The fourth-order valence-electron chi connectivity index (χ4n) is 0.854. The second-order valence-corrected chi connectivity index (χ2v) is 4.89. The highest BCUT2D eigenvalue weighted by molar-refractivity contribution is 5.91. The lowest BCUT2D eigenvalue weighted by Crippen LogP contribution is -2.46. The highest BCUT2D eigenvalue weighted by Gasteiger charge is 2.35. The first-order chi connectivity index (χ1) is 8.15. The lowest BCUT2D eigenvalue weighted by Gasteiger charge is -2.37. The second-order valence-electron chi connectivity index (χ2n) is 4.89. The van der Waals surface area contributed by atoms with Gasteiger partial charge in [-0.05, 0) is 13.8 Å². The molecule has 0 spiro atoms. The summed E-state index contributed by atoms with van der Waals surface area (Å²) in [5.41, 5.74) is 4.12. The van der Waals surface area contributed by atoms with Gasteiger partial charge in [0.15, 0.2) is 0 Å². The summed E-state index contributed by atoms with van der Waals surface area (Å²) < 4.78 is 13.1. The van der Waals surface area contributed by atoms with Crippen LogP contribution in [0.5, 0.6) is 0 Å². The minimum absolute atomic E-state index is 0.139. The Labute approximate surface area is 110 Å². The Bertz CT molecular complexity index is 291. The fraction of sp³-hybridized carbons (Fsp3) is 0.769. The third-order valence-corrected chi connectivity index (χ3v) is 2.96. The van der Waals surface area contributed by atoms with Gasteiger partial charge in [-0.1, -0.05) is 27.7 Å². The van der Waals surface area contributed by atoms with Gasteiger partial charge >= 0.3 is 0 Å². The van der Waals surface area contributed by atoms with Gasteiger partial charge in [-0.25, -0.2) is 0 Å². The number of nitrogens with two attached hydrogens (primary N) is 1. The summed E-state index contributed by atoms with van der Waals surface area (Å²) in [6.07, 6.45) is 1.13. The van der Waals surface area contributed by atoms with Gasteiger partial charge in [-0.3, -0.25) is 4.99 Å². The SMILES string of the molecule is CC.CN=C(F)/C(=C\N)NCC(C)(C)C(C)(C)O. The van der Waals surface area contributed by atoms with E-state index in [2.05, 4.69) is 10.3 Å². The molecule has 0 saturated carbocycles. The zero-order valence-electron chi connectivity index (χ0n) is 12.6. The Morgan fingerprint density at radius 3 is 2.06 bits per heavy atom. The molecule has 0 bridgehead atoms. The van der Waals surface area contributed by atoms with Crippen molar-refractivity contribution in [1.82, 2.24) is 5.32 Å². The van der Waals surface area contributed by atoms with E-state index in [1.54, 1.807) is 13.8 Å². The van der Waals surface area contributed by atoms with E-state index in [1.165, 1.54) is 7.05 Å². The average molecular weight is 261 g/mol. The molecule has 0 aromatic heterocycles. The van der Waals surface area contributed by atoms with Crippen LogP contribution in [-0.4, -0.2) is 30.3 Å². The summed E-state index contributed by atoms with van der Waals surface area (Å²) in [4.78, 5) is 3.40. The van der Waals surface area contributed by atoms with E-state index in [0.717, 1.165) is 6.20 Å². The predicted octanol–water partition coefficient (Wildman–Crippen LogP) is 2.20. The summed E-state index contributed by atoms with van der Waals surface area (Å²) in [5.74, 6) is -0.644. The molecule has 0 fully saturated rings. The maximum absolute atomic E-state index is 13.1. The first-order valence-electron chi connectivity index (χ1n) is 6.16. The Morgan fingerprint density at radius 1 is 1.33 bits per heavy atom. The van der Waals surface area contributed by atoms with Crippen molar-refractivity contribution in [2.24, 2.45) is 16.1 Å². The summed E-state index contributed by atoms with van der Waals surface area (Å²) in [6.45, 7) is 11.6. The molecule has 0 aliphatic rings. The van der Waals surface area contributed by atoms with Crippen LogP contribution >= 0.6 is 0 Å². The largest absolute Gasteiger partial charge is 0.403 e. The predicted molar refractivity (Wildman–Crippen MR) is 76.2 cm³/mol. The summed E-state index contributed by atoms with van der Waals surface area (Å²) in [7, 11) is 1.35. The van der Waals surface area contributed by atoms with Crippen molar-refractivity contribution in [2.45, 2.75) is 47.1 Å². The Hall–Kier alpha value is -1.10. The summed E-state index contributed by atoms with van der Waals surface area (Å²) in [6, 6.07) is 0. The molecule has 18 heavy (non-hydrogen) atoms. The van der Waals surface area contributed by atoms with Crippen LogP contribution in [0.4, 0.5) is 4.39 Å².